The molecule has 0 saturated heterocycles. The lowest BCUT2D eigenvalue weighted by Crippen LogP contribution is -2.29. The Hall–Kier alpha value is -3.33. The van der Waals surface area contributed by atoms with E-state index in [-0.39, 0.29) is 38.6 Å². The molecule has 2 atom stereocenters. The van der Waals surface area contributed by atoms with E-state index in [1.165, 1.54) is 231 Å². The van der Waals surface area contributed by atoms with E-state index in [0.717, 1.165) is 96.3 Å². The number of phosphoric ester groups is 1. The zero-order chi connectivity index (χ0) is 65.8. The number of nitrogens with two attached hydrogens (primary N) is 1. The first-order chi connectivity index (χ1) is 44.8. The van der Waals surface area contributed by atoms with Crippen molar-refractivity contribution in [2.75, 3.05) is 26.4 Å². The summed E-state index contributed by atoms with van der Waals surface area (Å²) in [6.07, 6.45) is 105. The van der Waals surface area contributed by atoms with Gasteiger partial charge in [0.25, 0.3) is 0 Å². The molecule has 0 aromatic heterocycles. The maximum absolute atomic E-state index is 12.8. The molecule has 0 aliphatic heterocycles. The molecule has 0 heterocycles. The van der Waals surface area contributed by atoms with E-state index in [0.29, 0.717) is 6.42 Å². The standard InChI is InChI=1S/C81H144NO8P/c1-3-5-7-9-11-13-15-17-19-21-23-25-27-29-31-33-34-35-36-37-38-39-40-41-42-43-44-46-47-49-51-53-55-57-59-61-63-65-67-69-71-73-80(83)87-77-79(78-89-91(85,86)88-76-75-82)90-81(84)74-72-70-68-66-64-62-60-58-56-54-52-50-48-45-32-30-28-26-24-22-20-18-16-14-12-10-8-6-4-2/h6,8,12,14-15,17-18,20-21,23-24,26,30,32,48,50,54,56,79H,3-5,7,9-11,13,16,19,22,25,27-29,31,33-47,49,51-53,55,57-78,82H2,1-2H3,(H,85,86)/b8-6-,14-12-,17-15-,20-18-,23-21-,26-24-,32-30-,50-48-,56-54-. The summed E-state index contributed by atoms with van der Waals surface area (Å²) in [5.41, 5.74) is 5.41. The number of phosphoric acid groups is 1. The molecular formula is C81H144NO8P. The molecule has 9 nitrogen and oxygen atoms in total. The Morgan fingerprint density at radius 1 is 0.341 bits per heavy atom. The van der Waals surface area contributed by atoms with Crippen molar-refractivity contribution < 1.29 is 37.6 Å². The molecule has 0 spiro atoms. The normalized spacial score (nSPS) is 13.5. The summed E-state index contributed by atoms with van der Waals surface area (Å²) < 4.78 is 33.2. The van der Waals surface area contributed by atoms with Gasteiger partial charge in [0.15, 0.2) is 6.10 Å². The lowest BCUT2D eigenvalue weighted by Gasteiger charge is -2.19. The molecule has 0 aliphatic carbocycles. The average molecular weight is 1290 g/mol. The number of hydrogen-bond donors (Lipinski definition) is 2. The molecule has 0 fully saturated rings. The maximum Gasteiger partial charge on any atom is 0.472 e. The van der Waals surface area contributed by atoms with E-state index in [2.05, 4.69) is 123 Å². The summed E-state index contributed by atoms with van der Waals surface area (Å²) in [6.45, 7) is 3.64. The summed E-state index contributed by atoms with van der Waals surface area (Å²) in [5, 5.41) is 0. The van der Waals surface area contributed by atoms with Crippen molar-refractivity contribution in [2.24, 2.45) is 5.73 Å². The van der Waals surface area contributed by atoms with Gasteiger partial charge in [-0.15, -0.1) is 0 Å². The lowest BCUT2D eigenvalue weighted by molar-refractivity contribution is -0.161. The highest BCUT2D eigenvalue weighted by atomic mass is 31.2. The number of carbonyl (C=O) groups excluding carboxylic acids is 2. The van der Waals surface area contributed by atoms with Gasteiger partial charge in [0.1, 0.15) is 6.61 Å². The van der Waals surface area contributed by atoms with Crippen LogP contribution in [-0.4, -0.2) is 49.3 Å². The van der Waals surface area contributed by atoms with Crippen LogP contribution in [0, 0.1) is 0 Å². The third-order valence-corrected chi connectivity index (χ3v) is 17.6. The van der Waals surface area contributed by atoms with E-state index in [4.69, 9.17) is 24.3 Å². The molecule has 0 saturated carbocycles. The zero-order valence-corrected chi connectivity index (χ0v) is 60.2. The fourth-order valence-corrected chi connectivity index (χ4v) is 11.8. The Kier molecular flexibility index (Phi) is 72.9. The van der Waals surface area contributed by atoms with Gasteiger partial charge in [-0.1, -0.05) is 354 Å². The predicted molar refractivity (Wildman–Crippen MR) is 395 cm³/mol. The zero-order valence-electron chi connectivity index (χ0n) is 59.3. The summed E-state index contributed by atoms with van der Waals surface area (Å²) in [7, 11) is -4.40. The van der Waals surface area contributed by atoms with Crippen LogP contribution < -0.4 is 5.73 Å². The van der Waals surface area contributed by atoms with Gasteiger partial charge in [-0.05, 0) is 103 Å². The van der Waals surface area contributed by atoms with Crippen LogP contribution in [-0.2, 0) is 32.7 Å². The van der Waals surface area contributed by atoms with Crippen molar-refractivity contribution in [1.82, 2.24) is 0 Å². The third-order valence-electron chi connectivity index (χ3n) is 16.6. The highest BCUT2D eigenvalue weighted by molar-refractivity contribution is 7.47. The van der Waals surface area contributed by atoms with Crippen molar-refractivity contribution in [2.45, 2.75) is 367 Å². The van der Waals surface area contributed by atoms with Gasteiger partial charge < -0.3 is 20.1 Å². The molecule has 2 unspecified atom stereocenters. The quantitative estimate of drug-likeness (QED) is 0.0264. The lowest BCUT2D eigenvalue weighted by atomic mass is 10.0. The molecule has 0 rings (SSSR count). The van der Waals surface area contributed by atoms with E-state index >= 15 is 0 Å². The van der Waals surface area contributed by atoms with Crippen molar-refractivity contribution in [1.29, 1.82) is 0 Å². The minimum absolute atomic E-state index is 0.0480. The van der Waals surface area contributed by atoms with Crippen LogP contribution in [0.15, 0.2) is 109 Å². The first-order valence-corrected chi connectivity index (χ1v) is 39.9. The number of ether oxygens (including phenoxy) is 2. The van der Waals surface area contributed by atoms with Gasteiger partial charge in [0, 0.05) is 19.4 Å². The molecule has 10 heteroatoms. The van der Waals surface area contributed by atoms with Gasteiger partial charge in [-0.25, -0.2) is 4.57 Å². The monoisotopic (exact) mass is 1290 g/mol. The smallest absolute Gasteiger partial charge is 0.462 e. The fourth-order valence-electron chi connectivity index (χ4n) is 11.0. The number of carbonyl (C=O) groups is 2. The second-order valence-corrected chi connectivity index (χ2v) is 26.9. The van der Waals surface area contributed by atoms with Crippen molar-refractivity contribution >= 4 is 19.8 Å². The van der Waals surface area contributed by atoms with Gasteiger partial charge in [0.05, 0.1) is 13.2 Å². The Balaban J connectivity index is 3.81. The summed E-state index contributed by atoms with van der Waals surface area (Å²) in [6, 6.07) is 0. The van der Waals surface area contributed by atoms with Crippen molar-refractivity contribution in [3.63, 3.8) is 0 Å². The van der Waals surface area contributed by atoms with Crippen LogP contribution in [0.2, 0.25) is 0 Å². The molecule has 526 valence electrons. The average Bonchev–Trinajstić information content (AvgIpc) is 3.68. The molecule has 0 bridgehead atoms. The second kappa shape index (κ2) is 75.7. The summed E-state index contributed by atoms with van der Waals surface area (Å²) in [5.74, 6) is -0.832. The Bertz CT molecular complexity index is 1860. The summed E-state index contributed by atoms with van der Waals surface area (Å²) in [4.78, 5) is 35.4. The number of allylic oxidation sites excluding steroid dienone is 18. The van der Waals surface area contributed by atoms with Gasteiger partial charge in [0.2, 0.25) is 0 Å². The Labute approximate surface area is 562 Å². The van der Waals surface area contributed by atoms with Crippen LogP contribution in [0.25, 0.3) is 0 Å². The summed E-state index contributed by atoms with van der Waals surface area (Å²) >= 11 is 0. The van der Waals surface area contributed by atoms with E-state index in [1.807, 2.05) is 0 Å². The Morgan fingerprint density at radius 2 is 0.604 bits per heavy atom. The highest BCUT2D eigenvalue weighted by Crippen LogP contribution is 2.43. The van der Waals surface area contributed by atoms with E-state index < -0.39 is 26.5 Å². The molecule has 0 amide bonds. The van der Waals surface area contributed by atoms with Crippen LogP contribution >= 0.6 is 7.82 Å². The first kappa shape index (κ1) is 87.7. The van der Waals surface area contributed by atoms with Gasteiger partial charge >= 0.3 is 19.8 Å². The van der Waals surface area contributed by atoms with Gasteiger partial charge in [-0.3, -0.25) is 18.6 Å². The molecule has 0 aromatic rings. The maximum atomic E-state index is 12.8. The fraction of sp³-hybridized carbons (Fsp3) is 0.753. The number of unbranched alkanes of at least 4 members (excludes halogenated alkanes) is 41. The molecule has 0 aliphatic rings. The van der Waals surface area contributed by atoms with Crippen molar-refractivity contribution in [3.8, 4) is 0 Å². The number of hydrogen-bond acceptors (Lipinski definition) is 8. The molecular weight excluding hydrogens is 1150 g/mol. The van der Waals surface area contributed by atoms with E-state index in [9.17, 15) is 19.0 Å². The topological polar surface area (TPSA) is 134 Å². The molecule has 0 aromatic carbocycles. The highest BCUT2D eigenvalue weighted by Gasteiger charge is 2.26. The first-order valence-electron chi connectivity index (χ1n) is 38.4. The van der Waals surface area contributed by atoms with Crippen molar-refractivity contribution in [3.05, 3.63) is 109 Å². The predicted octanol–water partition coefficient (Wildman–Crippen LogP) is 25.6. The second-order valence-electron chi connectivity index (χ2n) is 25.5. The third kappa shape index (κ3) is 75.6. The van der Waals surface area contributed by atoms with E-state index in [1.54, 1.807) is 0 Å². The SMILES string of the molecule is CC/C=C\C/C=C\C/C=C\C/C=C\C/C=C\C/C=C\C/C=C\CCCCCCCCCC(=O)OC(COC(=O)CCCCCCCCCCCCCCCCCCCCCCCCCCCCCCC/C=C\C/C=C\CCCCCCC)COP(=O)(O)OCCN. The minimum atomic E-state index is -4.40. The number of esters is 2. The molecule has 3 N–H and O–H groups in total. The van der Waals surface area contributed by atoms with Crippen LogP contribution in [0.4, 0.5) is 0 Å². The van der Waals surface area contributed by atoms with Crippen LogP contribution in [0.1, 0.15) is 361 Å². The Morgan fingerprint density at radius 3 is 0.901 bits per heavy atom. The molecule has 0 radical (unpaired) electrons. The largest absolute Gasteiger partial charge is 0.472 e. The van der Waals surface area contributed by atoms with Crippen LogP contribution in [0.3, 0.4) is 0 Å². The van der Waals surface area contributed by atoms with Gasteiger partial charge in [-0.2, -0.15) is 0 Å². The van der Waals surface area contributed by atoms with Crippen LogP contribution in [0.5, 0.6) is 0 Å². The minimum Gasteiger partial charge on any atom is -0.462 e. The molecule has 91 heavy (non-hydrogen) atoms. The number of rotatable bonds is 72.